The van der Waals surface area contributed by atoms with Crippen LogP contribution in [0.25, 0.3) is 0 Å². The Morgan fingerprint density at radius 3 is 3.10 bits per heavy atom. The highest BCUT2D eigenvalue weighted by Crippen LogP contribution is 2.27. The SMILES string of the molecule is CC(CC1COCCN1)Nc1ccc(Cl)c([N+](=O)[O-])c1. The largest absolute Gasteiger partial charge is 0.382 e. The van der Waals surface area contributed by atoms with Crippen LogP contribution in [0.1, 0.15) is 13.3 Å². The van der Waals surface area contributed by atoms with Crippen LogP contribution in [0, 0.1) is 10.1 Å². The van der Waals surface area contributed by atoms with Gasteiger partial charge in [0, 0.05) is 30.4 Å². The van der Waals surface area contributed by atoms with E-state index < -0.39 is 4.92 Å². The van der Waals surface area contributed by atoms with Crippen LogP contribution < -0.4 is 10.6 Å². The molecule has 2 N–H and O–H groups in total. The number of nitrogens with zero attached hydrogens (tertiary/aromatic N) is 1. The molecule has 7 heteroatoms. The lowest BCUT2D eigenvalue weighted by Gasteiger charge is -2.27. The number of nitro benzene ring substituents is 1. The van der Waals surface area contributed by atoms with Gasteiger partial charge in [0.15, 0.2) is 0 Å². The molecule has 2 unspecified atom stereocenters. The van der Waals surface area contributed by atoms with Crippen molar-refractivity contribution in [1.82, 2.24) is 5.32 Å². The average Bonchev–Trinajstić information content (AvgIpc) is 2.41. The summed E-state index contributed by atoms with van der Waals surface area (Å²) < 4.78 is 5.40. The maximum Gasteiger partial charge on any atom is 0.289 e. The molecule has 0 spiro atoms. The van der Waals surface area contributed by atoms with Crippen LogP contribution in [0.15, 0.2) is 18.2 Å². The predicted octanol–water partition coefficient (Wildman–Crippen LogP) is 2.43. The molecule has 1 aliphatic heterocycles. The molecule has 1 aliphatic rings. The summed E-state index contributed by atoms with van der Waals surface area (Å²) >= 11 is 5.79. The Morgan fingerprint density at radius 1 is 1.65 bits per heavy atom. The van der Waals surface area contributed by atoms with E-state index in [1.54, 1.807) is 6.07 Å². The van der Waals surface area contributed by atoms with Crippen LogP contribution in [0.4, 0.5) is 11.4 Å². The van der Waals surface area contributed by atoms with E-state index in [1.165, 1.54) is 12.1 Å². The Hall–Kier alpha value is -1.37. The average molecular weight is 300 g/mol. The number of anilines is 1. The van der Waals surface area contributed by atoms with Gasteiger partial charge < -0.3 is 15.4 Å². The van der Waals surface area contributed by atoms with E-state index in [0.29, 0.717) is 18.3 Å². The van der Waals surface area contributed by atoms with Crippen molar-refractivity contribution in [3.8, 4) is 0 Å². The van der Waals surface area contributed by atoms with Gasteiger partial charge in [0.05, 0.1) is 18.1 Å². The van der Waals surface area contributed by atoms with Crippen molar-refractivity contribution < 1.29 is 9.66 Å². The lowest BCUT2D eigenvalue weighted by atomic mass is 10.1. The monoisotopic (exact) mass is 299 g/mol. The van der Waals surface area contributed by atoms with Gasteiger partial charge in [-0.1, -0.05) is 11.6 Å². The molecular formula is C13H18ClN3O3. The number of hydrogen-bond acceptors (Lipinski definition) is 5. The minimum absolute atomic E-state index is 0.0806. The summed E-state index contributed by atoms with van der Waals surface area (Å²) in [5.74, 6) is 0. The number of nitrogens with one attached hydrogen (secondary N) is 2. The Balaban J connectivity index is 1.95. The van der Waals surface area contributed by atoms with Gasteiger partial charge >= 0.3 is 0 Å². The lowest BCUT2D eigenvalue weighted by molar-refractivity contribution is -0.384. The normalized spacial score (nSPS) is 20.4. The summed E-state index contributed by atoms with van der Waals surface area (Å²) in [4.78, 5) is 10.4. The number of nitro groups is 1. The van der Waals surface area contributed by atoms with Gasteiger partial charge in [-0.15, -0.1) is 0 Å². The van der Waals surface area contributed by atoms with Gasteiger partial charge in [0.25, 0.3) is 5.69 Å². The van der Waals surface area contributed by atoms with Gasteiger partial charge in [-0.05, 0) is 25.5 Å². The van der Waals surface area contributed by atoms with Crippen LogP contribution in [-0.4, -0.2) is 36.8 Å². The summed E-state index contributed by atoms with van der Waals surface area (Å²) in [7, 11) is 0. The molecule has 110 valence electrons. The molecule has 1 heterocycles. The molecule has 1 saturated heterocycles. The number of ether oxygens (including phenoxy) is 1. The second kappa shape index (κ2) is 6.88. The zero-order chi connectivity index (χ0) is 14.5. The number of rotatable bonds is 5. The Kier molecular flexibility index (Phi) is 5.17. The fourth-order valence-corrected chi connectivity index (χ4v) is 2.47. The molecule has 0 amide bonds. The lowest BCUT2D eigenvalue weighted by Crippen LogP contribution is -2.43. The quantitative estimate of drug-likeness (QED) is 0.645. The maximum atomic E-state index is 10.8. The van der Waals surface area contributed by atoms with Crippen molar-refractivity contribution in [2.24, 2.45) is 0 Å². The van der Waals surface area contributed by atoms with Crippen LogP contribution in [0.2, 0.25) is 5.02 Å². The molecule has 0 aliphatic carbocycles. The van der Waals surface area contributed by atoms with E-state index >= 15 is 0 Å². The van der Waals surface area contributed by atoms with Crippen LogP contribution in [-0.2, 0) is 4.74 Å². The Labute approximate surface area is 122 Å². The van der Waals surface area contributed by atoms with E-state index in [0.717, 1.165) is 19.6 Å². The summed E-state index contributed by atoms with van der Waals surface area (Å²) in [6, 6.07) is 5.24. The summed E-state index contributed by atoms with van der Waals surface area (Å²) in [6.45, 7) is 4.36. The third-order valence-corrected chi connectivity index (χ3v) is 3.51. The molecule has 20 heavy (non-hydrogen) atoms. The van der Waals surface area contributed by atoms with Gasteiger partial charge in [-0.2, -0.15) is 0 Å². The van der Waals surface area contributed by atoms with Crippen molar-refractivity contribution in [2.75, 3.05) is 25.1 Å². The zero-order valence-corrected chi connectivity index (χ0v) is 12.0. The second-order valence-corrected chi connectivity index (χ2v) is 5.34. The van der Waals surface area contributed by atoms with E-state index in [9.17, 15) is 10.1 Å². The fraction of sp³-hybridized carbons (Fsp3) is 0.538. The van der Waals surface area contributed by atoms with E-state index in [4.69, 9.17) is 16.3 Å². The number of halogens is 1. The van der Waals surface area contributed by atoms with E-state index in [2.05, 4.69) is 10.6 Å². The first-order valence-electron chi connectivity index (χ1n) is 6.58. The number of benzene rings is 1. The second-order valence-electron chi connectivity index (χ2n) is 4.93. The standard InChI is InChI=1S/C13H18ClN3O3/c1-9(6-11-8-20-5-4-15-11)16-10-2-3-12(14)13(7-10)17(18)19/h2-3,7,9,11,15-16H,4-6,8H2,1H3. The van der Waals surface area contributed by atoms with Crippen LogP contribution in [0.3, 0.4) is 0 Å². The minimum atomic E-state index is -0.477. The summed E-state index contributed by atoms with van der Waals surface area (Å²) in [5, 5.41) is 17.6. The smallest absolute Gasteiger partial charge is 0.289 e. The highest BCUT2D eigenvalue weighted by molar-refractivity contribution is 6.32. The third kappa shape index (κ3) is 4.06. The molecule has 0 aromatic heterocycles. The first-order chi connectivity index (χ1) is 9.56. The molecule has 1 aromatic carbocycles. The summed E-state index contributed by atoms with van der Waals surface area (Å²) in [5.41, 5.74) is 0.619. The van der Waals surface area contributed by atoms with Gasteiger partial charge in [-0.3, -0.25) is 10.1 Å². The zero-order valence-electron chi connectivity index (χ0n) is 11.3. The number of hydrogen-bond donors (Lipinski definition) is 2. The Bertz CT molecular complexity index is 478. The van der Waals surface area contributed by atoms with Crippen molar-refractivity contribution >= 4 is 23.0 Å². The molecule has 6 nitrogen and oxygen atoms in total. The molecule has 0 radical (unpaired) electrons. The highest BCUT2D eigenvalue weighted by atomic mass is 35.5. The predicted molar refractivity (Wildman–Crippen MR) is 78.4 cm³/mol. The molecule has 0 bridgehead atoms. The number of morpholine rings is 1. The molecule has 1 aromatic rings. The van der Waals surface area contributed by atoms with Crippen molar-refractivity contribution in [1.29, 1.82) is 0 Å². The topological polar surface area (TPSA) is 76.4 Å². The Morgan fingerprint density at radius 2 is 2.45 bits per heavy atom. The third-order valence-electron chi connectivity index (χ3n) is 3.19. The molecule has 2 rings (SSSR count). The van der Waals surface area contributed by atoms with Crippen molar-refractivity contribution in [3.63, 3.8) is 0 Å². The first-order valence-corrected chi connectivity index (χ1v) is 6.95. The van der Waals surface area contributed by atoms with Crippen molar-refractivity contribution in [2.45, 2.75) is 25.4 Å². The van der Waals surface area contributed by atoms with E-state index in [1.807, 2.05) is 6.92 Å². The van der Waals surface area contributed by atoms with Crippen molar-refractivity contribution in [3.05, 3.63) is 33.3 Å². The van der Waals surface area contributed by atoms with E-state index in [-0.39, 0.29) is 16.8 Å². The minimum Gasteiger partial charge on any atom is -0.382 e. The maximum absolute atomic E-state index is 10.8. The van der Waals surface area contributed by atoms with Gasteiger partial charge in [0.1, 0.15) is 5.02 Å². The first kappa shape index (κ1) is 15.0. The van der Waals surface area contributed by atoms with Gasteiger partial charge in [-0.25, -0.2) is 0 Å². The molecule has 0 saturated carbocycles. The van der Waals surface area contributed by atoms with Gasteiger partial charge in [0.2, 0.25) is 0 Å². The molecule has 2 atom stereocenters. The summed E-state index contributed by atoms with van der Waals surface area (Å²) in [6.07, 6.45) is 0.885. The van der Waals surface area contributed by atoms with Crippen LogP contribution >= 0.6 is 11.6 Å². The fourth-order valence-electron chi connectivity index (χ4n) is 2.28. The molecular weight excluding hydrogens is 282 g/mol. The van der Waals surface area contributed by atoms with Crippen LogP contribution in [0.5, 0.6) is 0 Å². The highest BCUT2D eigenvalue weighted by Gasteiger charge is 2.17. The molecule has 1 fully saturated rings.